The van der Waals surface area contributed by atoms with E-state index in [9.17, 15) is 8.78 Å². The molecule has 1 aliphatic carbocycles. The number of likely N-dealkylation sites (tertiary alicyclic amines) is 1. The third-order valence-electron chi connectivity index (χ3n) is 5.68. The highest BCUT2D eigenvalue weighted by atomic mass is 127. The molecule has 27 heavy (non-hydrogen) atoms. The van der Waals surface area contributed by atoms with Crippen LogP contribution in [0.1, 0.15) is 38.2 Å². The van der Waals surface area contributed by atoms with E-state index in [2.05, 4.69) is 34.0 Å². The highest BCUT2D eigenvalue weighted by molar-refractivity contribution is 14.0. The zero-order valence-corrected chi connectivity index (χ0v) is 18.8. The minimum Gasteiger partial charge on any atom is -0.353 e. The molecule has 152 valence electrons. The van der Waals surface area contributed by atoms with E-state index in [0.717, 1.165) is 51.5 Å². The van der Waals surface area contributed by atoms with Crippen molar-refractivity contribution in [1.29, 1.82) is 0 Å². The molecule has 3 rings (SSSR count). The molecule has 1 aromatic rings. The smallest absolute Gasteiger partial charge is 0.193 e. The van der Waals surface area contributed by atoms with E-state index < -0.39 is 11.6 Å². The van der Waals surface area contributed by atoms with Crippen LogP contribution >= 0.6 is 24.0 Å². The first-order valence-electron chi connectivity index (χ1n) is 9.71. The number of nitrogens with one attached hydrogen (secondary N) is 1. The van der Waals surface area contributed by atoms with Crippen LogP contribution in [0.15, 0.2) is 23.2 Å². The lowest BCUT2D eigenvalue weighted by atomic mass is 10.1. The van der Waals surface area contributed by atoms with Gasteiger partial charge >= 0.3 is 0 Å². The van der Waals surface area contributed by atoms with Crippen LogP contribution in [0.25, 0.3) is 0 Å². The second kappa shape index (κ2) is 10.0. The molecule has 1 saturated carbocycles. The molecule has 1 aromatic carbocycles. The third kappa shape index (κ3) is 5.31. The maximum absolute atomic E-state index is 14.0. The van der Waals surface area contributed by atoms with Crippen molar-refractivity contribution >= 4 is 29.9 Å². The number of aliphatic imine (C=N–C) groups is 1. The third-order valence-corrected chi connectivity index (χ3v) is 5.68. The van der Waals surface area contributed by atoms with Gasteiger partial charge in [-0.1, -0.05) is 19.9 Å². The summed E-state index contributed by atoms with van der Waals surface area (Å²) in [5, 5.41) is 3.42. The van der Waals surface area contributed by atoms with Crippen LogP contribution in [-0.4, -0.2) is 61.6 Å². The lowest BCUT2D eigenvalue weighted by Crippen LogP contribution is -2.42. The molecular formula is C20H31F2IN4. The van der Waals surface area contributed by atoms with Gasteiger partial charge in [0.1, 0.15) is 11.6 Å². The average Bonchev–Trinajstić information content (AvgIpc) is 3.22. The van der Waals surface area contributed by atoms with E-state index in [1.165, 1.54) is 18.2 Å². The Hall–Kier alpha value is -0.960. The summed E-state index contributed by atoms with van der Waals surface area (Å²) in [6.07, 6.45) is 1.90. The predicted molar refractivity (Wildman–Crippen MR) is 117 cm³/mol. The quantitative estimate of drug-likeness (QED) is 0.374. The lowest BCUT2D eigenvalue weighted by Gasteiger charge is -2.24. The van der Waals surface area contributed by atoms with E-state index in [1.807, 2.05) is 0 Å². The summed E-state index contributed by atoms with van der Waals surface area (Å²) in [6.45, 7) is 9.65. The van der Waals surface area contributed by atoms with Gasteiger partial charge in [0.2, 0.25) is 0 Å². The molecule has 1 aliphatic heterocycles. The minimum absolute atomic E-state index is 0. The second-order valence-electron chi connectivity index (χ2n) is 7.36. The second-order valence-corrected chi connectivity index (χ2v) is 7.36. The Bertz CT molecular complexity index is 631. The first kappa shape index (κ1) is 22.3. The first-order valence-corrected chi connectivity index (χ1v) is 9.71. The summed E-state index contributed by atoms with van der Waals surface area (Å²) >= 11 is 0. The van der Waals surface area contributed by atoms with Gasteiger partial charge in [-0.2, -0.15) is 0 Å². The average molecular weight is 492 g/mol. The van der Waals surface area contributed by atoms with Gasteiger partial charge in [-0.15, -0.1) is 24.0 Å². The van der Waals surface area contributed by atoms with Crippen molar-refractivity contribution < 1.29 is 8.78 Å². The van der Waals surface area contributed by atoms with Crippen molar-refractivity contribution in [2.24, 2.45) is 10.9 Å². The Balaban J connectivity index is 0.00000261. The van der Waals surface area contributed by atoms with Crippen LogP contribution in [0.2, 0.25) is 0 Å². The Kier molecular flexibility index (Phi) is 8.27. The van der Waals surface area contributed by atoms with E-state index >= 15 is 0 Å². The summed E-state index contributed by atoms with van der Waals surface area (Å²) < 4.78 is 27.9. The molecule has 0 radical (unpaired) electrons. The Morgan fingerprint density at radius 2 is 1.93 bits per heavy atom. The molecule has 2 aliphatic rings. The molecule has 1 saturated heterocycles. The van der Waals surface area contributed by atoms with Crippen molar-refractivity contribution in [3.05, 3.63) is 35.4 Å². The molecule has 7 heteroatoms. The van der Waals surface area contributed by atoms with Crippen LogP contribution in [-0.2, 0) is 0 Å². The molecule has 4 nitrogen and oxygen atoms in total. The standard InChI is InChI=1S/C20H30F2N4.HI/c1-4-25(5-2)12-14-9-10-26(13-14)20(23-3)24-18-11-15(18)19-16(21)7-6-8-17(19)22;/h6-8,14-15,18H,4-5,9-13H2,1-3H3,(H,23,24);1H. The van der Waals surface area contributed by atoms with E-state index in [4.69, 9.17) is 0 Å². The summed E-state index contributed by atoms with van der Waals surface area (Å²) in [6, 6.07) is 4.14. The molecule has 0 bridgehead atoms. The van der Waals surface area contributed by atoms with Gasteiger partial charge in [0.25, 0.3) is 0 Å². The van der Waals surface area contributed by atoms with Gasteiger partial charge < -0.3 is 15.1 Å². The van der Waals surface area contributed by atoms with Crippen molar-refractivity contribution in [3.8, 4) is 0 Å². The number of hydrogen-bond donors (Lipinski definition) is 1. The van der Waals surface area contributed by atoms with Crippen LogP contribution in [0.5, 0.6) is 0 Å². The van der Waals surface area contributed by atoms with Gasteiger partial charge in [-0.25, -0.2) is 8.78 Å². The van der Waals surface area contributed by atoms with Crippen molar-refractivity contribution in [2.75, 3.05) is 39.8 Å². The number of benzene rings is 1. The summed E-state index contributed by atoms with van der Waals surface area (Å²) in [5.74, 6) is 0.496. The number of hydrogen-bond acceptors (Lipinski definition) is 2. The van der Waals surface area contributed by atoms with Gasteiger partial charge in [-0.05, 0) is 44.0 Å². The Morgan fingerprint density at radius 1 is 1.26 bits per heavy atom. The van der Waals surface area contributed by atoms with Crippen molar-refractivity contribution in [1.82, 2.24) is 15.1 Å². The predicted octanol–water partition coefficient (Wildman–Crippen LogP) is 3.68. The molecule has 1 heterocycles. The molecule has 1 N–H and O–H groups in total. The maximum atomic E-state index is 14.0. The first-order chi connectivity index (χ1) is 12.6. The summed E-state index contributed by atoms with van der Waals surface area (Å²) in [7, 11) is 1.78. The lowest BCUT2D eigenvalue weighted by molar-refractivity contribution is 0.255. The van der Waals surface area contributed by atoms with Gasteiger partial charge in [0.15, 0.2) is 5.96 Å². The molecule has 0 amide bonds. The molecular weight excluding hydrogens is 461 g/mol. The number of guanidine groups is 1. The SMILES string of the molecule is CCN(CC)CC1CCN(C(=NC)NC2CC2c2c(F)cccc2F)C1.I. The van der Waals surface area contributed by atoms with E-state index in [0.29, 0.717) is 5.92 Å². The van der Waals surface area contributed by atoms with E-state index in [1.54, 1.807) is 7.05 Å². The van der Waals surface area contributed by atoms with Crippen LogP contribution in [0.4, 0.5) is 8.78 Å². The zero-order valence-electron chi connectivity index (χ0n) is 16.4. The van der Waals surface area contributed by atoms with Crippen LogP contribution in [0, 0.1) is 17.6 Å². The monoisotopic (exact) mass is 492 g/mol. The summed E-state index contributed by atoms with van der Waals surface area (Å²) in [5.41, 5.74) is 0.210. The molecule has 3 unspecified atom stereocenters. The van der Waals surface area contributed by atoms with Gasteiger partial charge in [-0.3, -0.25) is 4.99 Å². The fourth-order valence-electron chi connectivity index (χ4n) is 4.02. The number of halogens is 3. The van der Waals surface area contributed by atoms with Crippen molar-refractivity contribution in [3.63, 3.8) is 0 Å². The largest absolute Gasteiger partial charge is 0.353 e. The van der Waals surface area contributed by atoms with Gasteiger partial charge in [0.05, 0.1) is 0 Å². The molecule has 0 aromatic heterocycles. The van der Waals surface area contributed by atoms with Gasteiger partial charge in [0, 0.05) is 44.2 Å². The highest BCUT2D eigenvalue weighted by Gasteiger charge is 2.43. The molecule has 0 spiro atoms. The van der Waals surface area contributed by atoms with Crippen LogP contribution < -0.4 is 5.32 Å². The zero-order chi connectivity index (χ0) is 18.7. The highest BCUT2D eigenvalue weighted by Crippen LogP contribution is 2.43. The molecule has 3 atom stereocenters. The Morgan fingerprint density at radius 3 is 2.52 bits per heavy atom. The summed E-state index contributed by atoms with van der Waals surface area (Å²) in [4.78, 5) is 9.15. The topological polar surface area (TPSA) is 30.9 Å². The van der Waals surface area contributed by atoms with Crippen molar-refractivity contribution in [2.45, 2.75) is 38.6 Å². The van der Waals surface area contributed by atoms with Crippen LogP contribution in [0.3, 0.4) is 0 Å². The van der Waals surface area contributed by atoms with E-state index in [-0.39, 0.29) is 41.5 Å². The minimum atomic E-state index is -0.449. The fourth-order valence-corrected chi connectivity index (χ4v) is 4.02. The fraction of sp³-hybridized carbons (Fsp3) is 0.650. The Labute approximate surface area is 178 Å². The number of nitrogens with zero attached hydrogens (tertiary/aromatic N) is 3. The maximum Gasteiger partial charge on any atom is 0.193 e. The molecule has 2 fully saturated rings. The number of rotatable bonds is 6. The normalized spacial score (nSPS) is 24.9.